The molecule has 0 aromatic rings. The van der Waals surface area contributed by atoms with Crippen molar-refractivity contribution in [1.29, 1.82) is 0 Å². The summed E-state index contributed by atoms with van der Waals surface area (Å²) in [6, 6.07) is 0. The molecule has 0 aromatic heterocycles. The van der Waals surface area contributed by atoms with Gasteiger partial charge in [-0.1, -0.05) is 0 Å². The standard InChI is InChI=1S/C6H8I4O5/c7-12-2-3-5(14-9)6(15-10)4(13-8)1-11-3/h3-6H,1-2H2/t3-,4?,5?,6-/m1/s1. The minimum absolute atomic E-state index is 0.118. The molecular formula is C6H8I4O5. The van der Waals surface area contributed by atoms with Gasteiger partial charge in [-0.15, -0.1) is 0 Å². The Morgan fingerprint density at radius 3 is 2.13 bits per heavy atom. The lowest BCUT2D eigenvalue weighted by Gasteiger charge is -2.38. The van der Waals surface area contributed by atoms with E-state index in [0.717, 1.165) is 0 Å². The van der Waals surface area contributed by atoms with Gasteiger partial charge in [0.25, 0.3) is 0 Å². The molecule has 0 spiro atoms. The van der Waals surface area contributed by atoms with E-state index in [4.69, 9.17) is 17.0 Å². The lowest BCUT2D eigenvalue weighted by molar-refractivity contribution is -0.143. The highest BCUT2D eigenvalue weighted by Crippen LogP contribution is 2.28. The summed E-state index contributed by atoms with van der Waals surface area (Å²) in [5, 5.41) is 0. The van der Waals surface area contributed by atoms with Gasteiger partial charge in [0, 0.05) is 0 Å². The Labute approximate surface area is 144 Å². The highest BCUT2D eigenvalue weighted by Gasteiger charge is 2.43. The lowest BCUT2D eigenvalue weighted by atomic mass is 10.0. The summed E-state index contributed by atoms with van der Waals surface area (Å²) in [4.78, 5) is 0. The summed E-state index contributed by atoms with van der Waals surface area (Å²) in [5.41, 5.74) is 0. The quantitative estimate of drug-likeness (QED) is 0.423. The maximum Gasteiger partial charge on any atom is 0.129 e. The molecule has 5 nitrogen and oxygen atoms in total. The van der Waals surface area contributed by atoms with Crippen molar-refractivity contribution in [3.05, 3.63) is 0 Å². The van der Waals surface area contributed by atoms with Gasteiger partial charge in [-0.3, -0.25) is 0 Å². The first kappa shape index (κ1) is 15.8. The van der Waals surface area contributed by atoms with Crippen molar-refractivity contribution >= 4 is 92.0 Å². The fourth-order valence-electron chi connectivity index (χ4n) is 1.33. The van der Waals surface area contributed by atoms with Crippen LogP contribution in [0.2, 0.25) is 0 Å². The molecule has 0 bridgehead atoms. The molecule has 15 heavy (non-hydrogen) atoms. The van der Waals surface area contributed by atoms with E-state index in [1.807, 2.05) is 92.0 Å². The van der Waals surface area contributed by atoms with Gasteiger partial charge >= 0.3 is 0 Å². The molecule has 0 N–H and O–H groups in total. The summed E-state index contributed by atoms with van der Waals surface area (Å²) < 4.78 is 26.6. The number of halogens is 4. The molecular weight excluding hydrogens is 660 g/mol. The minimum Gasteiger partial charge on any atom is -0.370 e. The van der Waals surface area contributed by atoms with Crippen molar-refractivity contribution in [2.45, 2.75) is 24.4 Å². The molecule has 0 saturated carbocycles. The van der Waals surface area contributed by atoms with Gasteiger partial charge in [0.05, 0.1) is 13.2 Å². The van der Waals surface area contributed by atoms with Crippen LogP contribution in [0.15, 0.2) is 0 Å². The van der Waals surface area contributed by atoms with Crippen LogP contribution in [0.1, 0.15) is 0 Å². The second-order valence-corrected chi connectivity index (χ2v) is 5.03. The topological polar surface area (TPSA) is 46.2 Å². The van der Waals surface area contributed by atoms with E-state index in [2.05, 4.69) is 0 Å². The summed E-state index contributed by atoms with van der Waals surface area (Å²) >= 11 is 7.39. The van der Waals surface area contributed by atoms with Crippen LogP contribution in [-0.2, 0) is 17.0 Å². The summed E-state index contributed by atoms with van der Waals surface area (Å²) in [5.74, 6) is 0. The minimum atomic E-state index is -0.189. The molecule has 1 rings (SSSR count). The van der Waals surface area contributed by atoms with Crippen LogP contribution in [0.3, 0.4) is 0 Å². The molecule has 0 radical (unpaired) electrons. The molecule has 0 aliphatic carbocycles. The van der Waals surface area contributed by atoms with E-state index in [9.17, 15) is 0 Å². The first-order valence-electron chi connectivity index (χ1n) is 3.95. The van der Waals surface area contributed by atoms with Crippen molar-refractivity contribution in [2.24, 2.45) is 0 Å². The fraction of sp³-hybridized carbons (Fsp3) is 1.00. The largest absolute Gasteiger partial charge is 0.370 e. The van der Waals surface area contributed by atoms with Crippen molar-refractivity contribution in [2.75, 3.05) is 13.2 Å². The van der Waals surface area contributed by atoms with Crippen molar-refractivity contribution in [3.63, 3.8) is 0 Å². The Morgan fingerprint density at radius 2 is 1.67 bits per heavy atom. The fourth-order valence-corrected chi connectivity index (χ4v) is 3.35. The maximum atomic E-state index is 5.58. The molecule has 1 saturated heterocycles. The molecule has 0 amide bonds. The Morgan fingerprint density at radius 1 is 1.00 bits per heavy atom. The molecule has 90 valence electrons. The Balaban J connectivity index is 2.65. The van der Waals surface area contributed by atoms with Gasteiger partial charge < -0.3 is 17.0 Å². The van der Waals surface area contributed by atoms with Crippen LogP contribution in [0.5, 0.6) is 0 Å². The molecule has 1 aliphatic heterocycles. The van der Waals surface area contributed by atoms with Gasteiger partial charge in [-0.25, -0.2) is 0 Å². The molecule has 1 fully saturated rings. The van der Waals surface area contributed by atoms with E-state index >= 15 is 0 Å². The summed E-state index contributed by atoms with van der Waals surface area (Å²) in [7, 11) is 0. The molecule has 4 atom stereocenters. The number of hydrogen-bond donors (Lipinski definition) is 0. The first-order chi connectivity index (χ1) is 7.28. The molecule has 1 aliphatic rings. The smallest absolute Gasteiger partial charge is 0.129 e. The van der Waals surface area contributed by atoms with E-state index < -0.39 is 0 Å². The Bertz CT molecular complexity index is 185. The van der Waals surface area contributed by atoms with E-state index in [1.54, 1.807) is 0 Å². The SMILES string of the molecule is IOC[C@H]1OCC(OI)[C@@H](OI)C1OI. The predicted octanol–water partition coefficient (Wildman–Crippen LogP) is 2.96. The second-order valence-electron chi connectivity index (χ2n) is 2.88. The first-order valence-corrected chi connectivity index (χ1v) is 7.48. The summed E-state index contributed by atoms with van der Waals surface area (Å²) in [6.07, 6.45) is -0.579. The summed E-state index contributed by atoms with van der Waals surface area (Å²) in [6.45, 7) is 0.955. The number of ether oxygens (including phenoxy) is 1. The highest BCUT2D eigenvalue weighted by molar-refractivity contribution is 14.1. The van der Waals surface area contributed by atoms with Crippen LogP contribution >= 0.6 is 92.0 Å². The normalized spacial score (nSPS) is 36.8. The van der Waals surface area contributed by atoms with Crippen LogP contribution < -0.4 is 0 Å². The van der Waals surface area contributed by atoms with Gasteiger partial charge in [-0.2, -0.15) is 0 Å². The van der Waals surface area contributed by atoms with E-state index in [-0.39, 0.29) is 24.4 Å². The van der Waals surface area contributed by atoms with Gasteiger partial charge in [-0.05, 0) is 0 Å². The van der Waals surface area contributed by atoms with E-state index in [1.165, 1.54) is 0 Å². The van der Waals surface area contributed by atoms with Crippen molar-refractivity contribution in [1.82, 2.24) is 0 Å². The number of rotatable bonds is 5. The molecule has 9 heteroatoms. The maximum absolute atomic E-state index is 5.58. The van der Waals surface area contributed by atoms with Gasteiger partial charge in [0.2, 0.25) is 0 Å². The third kappa shape index (κ3) is 4.39. The van der Waals surface area contributed by atoms with Crippen molar-refractivity contribution < 1.29 is 17.0 Å². The van der Waals surface area contributed by atoms with Gasteiger partial charge in [0.15, 0.2) is 0 Å². The zero-order chi connectivity index (χ0) is 11.3. The molecule has 0 aromatic carbocycles. The molecule has 2 unspecified atom stereocenters. The van der Waals surface area contributed by atoms with E-state index in [0.29, 0.717) is 13.2 Å². The van der Waals surface area contributed by atoms with Crippen LogP contribution in [0, 0.1) is 0 Å². The predicted molar refractivity (Wildman–Crippen MR) is 86.4 cm³/mol. The average molecular weight is 668 g/mol. The van der Waals surface area contributed by atoms with Crippen LogP contribution in [0.4, 0.5) is 0 Å². The Hall–Kier alpha value is 2.72. The third-order valence-corrected chi connectivity index (χ3v) is 4.27. The zero-order valence-electron chi connectivity index (χ0n) is 7.28. The second kappa shape index (κ2) is 8.76. The monoisotopic (exact) mass is 668 g/mol. The average Bonchev–Trinajstić information content (AvgIpc) is 2.28. The Kier molecular flexibility index (Phi) is 9.21. The molecule has 1 heterocycles. The lowest BCUT2D eigenvalue weighted by Crippen LogP contribution is -2.54. The van der Waals surface area contributed by atoms with Gasteiger partial charge in [0.1, 0.15) is 116 Å². The highest BCUT2D eigenvalue weighted by atomic mass is 127. The van der Waals surface area contributed by atoms with Crippen LogP contribution in [-0.4, -0.2) is 37.6 Å². The number of hydrogen-bond acceptors (Lipinski definition) is 5. The third-order valence-electron chi connectivity index (χ3n) is 2.08. The zero-order valence-corrected chi connectivity index (χ0v) is 15.9. The van der Waals surface area contributed by atoms with Crippen molar-refractivity contribution in [3.8, 4) is 0 Å². The van der Waals surface area contributed by atoms with Crippen LogP contribution in [0.25, 0.3) is 0 Å².